The van der Waals surface area contributed by atoms with Crippen LogP contribution in [0.25, 0.3) is 0 Å². The molecule has 1 rings (SSSR count). The fraction of sp³-hybridized carbons (Fsp3) is 1.00. The van der Waals surface area contributed by atoms with Gasteiger partial charge in [-0.3, -0.25) is 0 Å². The van der Waals surface area contributed by atoms with Crippen LogP contribution in [0.5, 0.6) is 0 Å². The van der Waals surface area contributed by atoms with Gasteiger partial charge >= 0.3 is 41.4 Å². The number of hydrogen-bond donors (Lipinski definition) is 0. The van der Waals surface area contributed by atoms with E-state index in [1.165, 1.54) is 4.47 Å². The maximum absolute atomic E-state index is 5.00. The van der Waals surface area contributed by atoms with Gasteiger partial charge in [-0.05, 0) is 0 Å². The Bertz CT molecular complexity index is 18.5. The Morgan fingerprint density at radius 1 is 1.60 bits per heavy atom. The molecule has 0 spiro atoms. The Hall–Kier alpha value is 0.750. The Kier molecular flexibility index (Phi) is 1.59. The number of hydrogen-bond acceptors (Lipinski definition) is 1. The molecule has 0 saturated carbocycles. The summed E-state index contributed by atoms with van der Waals surface area (Å²) in [4.78, 5) is 0. The van der Waals surface area contributed by atoms with Crippen molar-refractivity contribution in [2.45, 2.75) is 4.47 Å². The van der Waals surface area contributed by atoms with E-state index in [2.05, 4.69) is 0 Å². The summed E-state index contributed by atoms with van der Waals surface area (Å²) in [5.41, 5.74) is 0. The third-order valence-corrected chi connectivity index (χ3v) is 2.79. The second-order valence-electron chi connectivity index (χ2n) is 0.934. The number of ether oxygens (including phenoxy) is 1. The molecule has 2 heteroatoms. The molecule has 1 fully saturated rings. The molecule has 0 radical (unpaired) electrons. The molecule has 1 heterocycles. The molecule has 1 aliphatic rings. The van der Waals surface area contributed by atoms with Crippen molar-refractivity contribution in [2.75, 3.05) is 11.3 Å². The van der Waals surface area contributed by atoms with E-state index >= 15 is 0 Å². The van der Waals surface area contributed by atoms with E-state index in [9.17, 15) is 0 Å². The van der Waals surface area contributed by atoms with E-state index in [1.807, 2.05) is 0 Å². The SMILES string of the molecule is C1C[Te]CO1. The van der Waals surface area contributed by atoms with Crippen LogP contribution in [0.4, 0.5) is 0 Å². The molecule has 30 valence electrons. The van der Waals surface area contributed by atoms with Crippen molar-refractivity contribution in [1.29, 1.82) is 0 Å². The average Bonchev–Trinajstić information content (AvgIpc) is 1.76. The Labute approximate surface area is 41.8 Å². The topological polar surface area (TPSA) is 9.23 Å². The monoisotopic (exact) mass is 188 g/mol. The molecule has 0 atom stereocenters. The van der Waals surface area contributed by atoms with E-state index in [0.717, 1.165) is 11.3 Å². The summed E-state index contributed by atoms with van der Waals surface area (Å²) >= 11 is 0.382. The first-order valence-electron chi connectivity index (χ1n) is 1.65. The van der Waals surface area contributed by atoms with Gasteiger partial charge < -0.3 is 0 Å². The van der Waals surface area contributed by atoms with E-state index in [1.54, 1.807) is 0 Å². The van der Waals surface area contributed by atoms with Gasteiger partial charge in [0.15, 0.2) is 0 Å². The van der Waals surface area contributed by atoms with Crippen LogP contribution in [0.2, 0.25) is 4.47 Å². The Morgan fingerprint density at radius 3 is 2.80 bits per heavy atom. The van der Waals surface area contributed by atoms with Crippen molar-refractivity contribution in [3.8, 4) is 0 Å². The quantitative estimate of drug-likeness (QED) is 0.487. The Morgan fingerprint density at radius 2 is 2.60 bits per heavy atom. The molecule has 1 nitrogen and oxygen atoms in total. The first-order valence-corrected chi connectivity index (χ1v) is 4.95. The van der Waals surface area contributed by atoms with Gasteiger partial charge in [-0.2, -0.15) is 0 Å². The van der Waals surface area contributed by atoms with Gasteiger partial charge in [0.2, 0.25) is 0 Å². The van der Waals surface area contributed by atoms with Crippen LogP contribution in [0.3, 0.4) is 0 Å². The Balaban J connectivity index is 2.08. The van der Waals surface area contributed by atoms with Crippen LogP contribution in [-0.4, -0.2) is 32.2 Å². The maximum atomic E-state index is 5.00. The van der Waals surface area contributed by atoms with Crippen LogP contribution in [-0.2, 0) is 4.74 Å². The standard InChI is InChI=1S/C3H6OTe/c1-2-5-3-4-1/h1-3H2. The van der Waals surface area contributed by atoms with Gasteiger partial charge in [-0.25, -0.2) is 0 Å². The normalized spacial score (nSPS) is 24.0. The summed E-state index contributed by atoms with van der Waals surface area (Å²) in [6.45, 7) is 1.06. The van der Waals surface area contributed by atoms with Crippen molar-refractivity contribution in [1.82, 2.24) is 0 Å². The van der Waals surface area contributed by atoms with Crippen LogP contribution >= 0.6 is 0 Å². The predicted molar refractivity (Wildman–Crippen MR) is 21.4 cm³/mol. The molecule has 0 aliphatic carbocycles. The zero-order valence-corrected chi connectivity index (χ0v) is 5.27. The van der Waals surface area contributed by atoms with Crippen LogP contribution in [0, 0.1) is 0 Å². The predicted octanol–water partition coefficient (Wildman–Crippen LogP) is 0.0966. The summed E-state index contributed by atoms with van der Waals surface area (Å²) < 4.78 is 7.54. The van der Waals surface area contributed by atoms with Gasteiger partial charge in [-0.1, -0.05) is 0 Å². The van der Waals surface area contributed by atoms with Crippen molar-refractivity contribution < 1.29 is 4.74 Å². The third kappa shape index (κ3) is 1.09. The minimum absolute atomic E-state index is 0.382. The molecule has 0 amide bonds. The first kappa shape index (κ1) is 3.92. The van der Waals surface area contributed by atoms with Gasteiger partial charge in [-0.15, -0.1) is 0 Å². The molecular formula is C3H6OTe. The van der Waals surface area contributed by atoms with Crippen molar-refractivity contribution in [3.05, 3.63) is 0 Å². The van der Waals surface area contributed by atoms with E-state index < -0.39 is 0 Å². The molecule has 0 N–H and O–H groups in total. The molecule has 5 heavy (non-hydrogen) atoms. The molecule has 0 aromatic heterocycles. The molecule has 0 aromatic carbocycles. The third-order valence-electron chi connectivity index (χ3n) is 0.539. The van der Waals surface area contributed by atoms with E-state index in [-0.39, 0.29) is 0 Å². The molecule has 1 saturated heterocycles. The summed E-state index contributed by atoms with van der Waals surface area (Å²) in [5.74, 6) is 0. The summed E-state index contributed by atoms with van der Waals surface area (Å²) in [7, 11) is 0. The van der Waals surface area contributed by atoms with E-state index in [0.29, 0.717) is 20.9 Å². The zero-order chi connectivity index (χ0) is 3.54. The van der Waals surface area contributed by atoms with Crippen LogP contribution < -0.4 is 0 Å². The van der Waals surface area contributed by atoms with Gasteiger partial charge in [0.25, 0.3) is 0 Å². The minimum atomic E-state index is 0.382. The first-order chi connectivity index (χ1) is 2.50. The van der Waals surface area contributed by atoms with E-state index in [4.69, 9.17) is 4.74 Å². The van der Waals surface area contributed by atoms with Crippen molar-refractivity contribution in [3.63, 3.8) is 0 Å². The molecule has 0 aromatic rings. The molecule has 0 unspecified atom stereocenters. The van der Waals surface area contributed by atoms with Gasteiger partial charge in [0.05, 0.1) is 0 Å². The van der Waals surface area contributed by atoms with Crippen LogP contribution in [0.1, 0.15) is 0 Å². The van der Waals surface area contributed by atoms with Crippen molar-refractivity contribution in [2.24, 2.45) is 0 Å². The fourth-order valence-electron chi connectivity index (χ4n) is 0.295. The molecule has 1 aliphatic heterocycles. The molecular weight excluding hydrogens is 180 g/mol. The van der Waals surface area contributed by atoms with Gasteiger partial charge in [0.1, 0.15) is 0 Å². The number of rotatable bonds is 0. The summed E-state index contributed by atoms with van der Waals surface area (Å²) in [6, 6.07) is 0. The summed E-state index contributed by atoms with van der Waals surface area (Å²) in [6.07, 6.45) is 0. The average molecular weight is 186 g/mol. The van der Waals surface area contributed by atoms with Gasteiger partial charge in [0, 0.05) is 0 Å². The summed E-state index contributed by atoms with van der Waals surface area (Å²) in [5, 5.41) is 0. The van der Waals surface area contributed by atoms with Crippen molar-refractivity contribution >= 4 is 20.9 Å². The molecule has 0 bridgehead atoms. The second-order valence-corrected chi connectivity index (χ2v) is 3.94. The van der Waals surface area contributed by atoms with Crippen LogP contribution in [0.15, 0.2) is 0 Å². The fourth-order valence-corrected chi connectivity index (χ4v) is 1.98. The second kappa shape index (κ2) is 2.02. The zero-order valence-electron chi connectivity index (χ0n) is 2.94.